The van der Waals surface area contributed by atoms with Gasteiger partial charge in [-0.05, 0) is 37.3 Å². The molecular formula is C20H18ClN5O. The molecule has 0 saturated carbocycles. The van der Waals surface area contributed by atoms with Crippen LogP contribution in [0.15, 0.2) is 54.9 Å². The minimum absolute atomic E-state index is 0.456. The molecule has 2 aromatic heterocycles. The lowest BCUT2D eigenvalue weighted by Crippen LogP contribution is -2.10. The molecule has 6 nitrogen and oxygen atoms in total. The van der Waals surface area contributed by atoms with E-state index in [2.05, 4.69) is 16.5 Å². The molecule has 2 heterocycles. The van der Waals surface area contributed by atoms with Crippen molar-refractivity contribution in [3.8, 4) is 11.4 Å². The summed E-state index contributed by atoms with van der Waals surface area (Å²) in [5.74, 6) is 1.25. The highest BCUT2D eigenvalue weighted by Crippen LogP contribution is 2.23. The fourth-order valence-corrected chi connectivity index (χ4v) is 3.47. The number of rotatable bonds is 5. The second-order valence-electron chi connectivity index (χ2n) is 6.23. The Bertz CT molecular complexity index is 1140. The monoisotopic (exact) mass is 379 g/mol. The second kappa shape index (κ2) is 6.89. The molecule has 2 N–H and O–H groups in total. The summed E-state index contributed by atoms with van der Waals surface area (Å²) in [6.07, 6.45) is 3.69. The molecule has 1 amide bonds. The summed E-state index contributed by atoms with van der Waals surface area (Å²) in [7, 11) is 0. The van der Waals surface area contributed by atoms with Crippen LogP contribution in [0.5, 0.6) is 0 Å². The lowest BCUT2D eigenvalue weighted by Gasteiger charge is -2.10. The summed E-state index contributed by atoms with van der Waals surface area (Å²) in [5, 5.41) is 0.668. The molecule has 0 aliphatic carbocycles. The Morgan fingerprint density at radius 3 is 2.81 bits per heavy atom. The zero-order valence-corrected chi connectivity index (χ0v) is 15.5. The van der Waals surface area contributed by atoms with Gasteiger partial charge in [0.15, 0.2) is 0 Å². The largest absolute Gasteiger partial charge is 0.366 e. The summed E-state index contributed by atoms with van der Waals surface area (Å²) in [6, 6.07) is 13.0. The molecule has 0 saturated heterocycles. The molecule has 7 heteroatoms. The number of primary amides is 1. The molecule has 0 spiro atoms. The maximum Gasteiger partial charge on any atom is 0.248 e. The zero-order chi connectivity index (χ0) is 19.0. The Morgan fingerprint density at radius 1 is 1.22 bits per heavy atom. The van der Waals surface area contributed by atoms with E-state index >= 15 is 0 Å². The van der Waals surface area contributed by atoms with Crippen LogP contribution in [-0.2, 0) is 13.1 Å². The number of hydrogen-bond acceptors (Lipinski definition) is 3. The van der Waals surface area contributed by atoms with Crippen molar-refractivity contribution >= 4 is 28.5 Å². The molecule has 4 rings (SSSR count). The number of carbonyl (C=O) groups excluding carboxylic acids is 1. The van der Waals surface area contributed by atoms with Gasteiger partial charge < -0.3 is 14.9 Å². The van der Waals surface area contributed by atoms with Crippen LogP contribution < -0.4 is 5.73 Å². The van der Waals surface area contributed by atoms with Gasteiger partial charge in [-0.2, -0.15) is 0 Å². The topological polar surface area (TPSA) is 78.7 Å². The van der Waals surface area contributed by atoms with E-state index in [0.717, 1.165) is 34.8 Å². The average molecular weight is 380 g/mol. The van der Waals surface area contributed by atoms with Gasteiger partial charge >= 0.3 is 0 Å². The van der Waals surface area contributed by atoms with Crippen molar-refractivity contribution < 1.29 is 4.79 Å². The lowest BCUT2D eigenvalue weighted by molar-refractivity contribution is 0.100. The van der Waals surface area contributed by atoms with Crippen molar-refractivity contribution in [3.63, 3.8) is 0 Å². The van der Waals surface area contributed by atoms with Crippen molar-refractivity contribution in [2.45, 2.75) is 20.0 Å². The Morgan fingerprint density at radius 2 is 2.07 bits per heavy atom. The van der Waals surface area contributed by atoms with E-state index in [9.17, 15) is 4.79 Å². The van der Waals surface area contributed by atoms with Crippen molar-refractivity contribution in [1.82, 2.24) is 19.1 Å². The number of fused-ring (bicyclic) bond motifs is 1. The van der Waals surface area contributed by atoms with Crippen LogP contribution in [-0.4, -0.2) is 25.0 Å². The van der Waals surface area contributed by atoms with Crippen LogP contribution in [0.4, 0.5) is 0 Å². The quantitative estimate of drug-likeness (QED) is 0.574. The number of halogens is 1. The summed E-state index contributed by atoms with van der Waals surface area (Å²) in [6.45, 7) is 3.39. The van der Waals surface area contributed by atoms with Gasteiger partial charge in [-0.3, -0.25) is 4.79 Å². The predicted molar refractivity (Wildman–Crippen MR) is 106 cm³/mol. The third-order valence-electron chi connectivity index (χ3n) is 4.54. The van der Waals surface area contributed by atoms with Crippen LogP contribution in [0.3, 0.4) is 0 Å². The average Bonchev–Trinajstić information content (AvgIpc) is 3.25. The Hall–Kier alpha value is -3.12. The Kier molecular flexibility index (Phi) is 4.41. The van der Waals surface area contributed by atoms with Gasteiger partial charge in [0.1, 0.15) is 11.6 Å². The molecule has 0 fully saturated rings. The minimum Gasteiger partial charge on any atom is -0.366 e. The Balaban J connectivity index is 1.76. The molecule has 0 bridgehead atoms. The summed E-state index contributed by atoms with van der Waals surface area (Å²) < 4.78 is 4.16. The third kappa shape index (κ3) is 3.19. The normalized spacial score (nSPS) is 11.2. The summed E-state index contributed by atoms with van der Waals surface area (Å²) in [5.41, 5.74) is 8.53. The second-order valence-corrected chi connectivity index (χ2v) is 6.67. The third-order valence-corrected chi connectivity index (χ3v) is 4.77. The first-order valence-electron chi connectivity index (χ1n) is 8.63. The number of imidazole rings is 2. The van der Waals surface area contributed by atoms with Gasteiger partial charge in [0.25, 0.3) is 0 Å². The molecule has 27 heavy (non-hydrogen) atoms. The fourth-order valence-electron chi connectivity index (χ4n) is 3.28. The van der Waals surface area contributed by atoms with Crippen LogP contribution in [0.25, 0.3) is 22.4 Å². The van der Waals surface area contributed by atoms with E-state index in [1.807, 2.05) is 41.1 Å². The van der Waals surface area contributed by atoms with Gasteiger partial charge in [0.2, 0.25) is 5.91 Å². The number of amides is 1. The number of nitrogens with zero attached hydrogens (tertiary/aromatic N) is 4. The van der Waals surface area contributed by atoms with E-state index in [4.69, 9.17) is 22.3 Å². The molecule has 136 valence electrons. The first-order chi connectivity index (χ1) is 13.1. The van der Waals surface area contributed by atoms with E-state index in [1.54, 1.807) is 18.3 Å². The smallest absolute Gasteiger partial charge is 0.248 e. The van der Waals surface area contributed by atoms with E-state index in [0.29, 0.717) is 17.1 Å². The lowest BCUT2D eigenvalue weighted by atomic mass is 10.2. The van der Waals surface area contributed by atoms with Crippen LogP contribution >= 0.6 is 11.6 Å². The number of hydrogen-bond donors (Lipinski definition) is 1. The zero-order valence-electron chi connectivity index (χ0n) is 14.8. The van der Waals surface area contributed by atoms with E-state index in [1.165, 1.54) is 0 Å². The summed E-state index contributed by atoms with van der Waals surface area (Å²) in [4.78, 5) is 20.7. The fraction of sp³-hybridized carbons (Fsp3) is 0.150. The molecule has 4 aromatic rings. The molecule has 2 aromatic carbocycles. The maximum absolute atomic E-state index is 11.5. The number of carbonyl (C=O) groups is 1. The number of aryl methyl sites for hydroxylation is 1. The standard InChI is InChI=1S/C20H18ClN5O/c1-2-26-17-7-6-13(19(22)27)11-16(17)24-18(26)12-25-9-8-23-20(25)14-4-3-5-15(21)10-14/h3-11H,2,12H2,1H3,(H2,22,27). The molecular weight excluding hydrogens is 362 g/mol. The number of benzene rings is 2. The van der Waals surface area contributed by atoms with Crippen molar-refractivity contribution in [1.29, 1.82) is 0 Å². The predicted octanol–water partition coefficient (Wildman–Crippen LogP) is 3.72. The van der Waals surface area contributed by atoms with Gasteiger partial charge in [-0.15, -0.1) is 0 Å². The van der Waals surface area contributed by atoms with Crippen LogP contribution in [0.1, 0.15) is 23.1 Å². The van der Waals surface area contributed by atoms with Gasteiger partial charge in [-0.1, -0.05) is 23.7 Å². The first kappa shape index (κ1) is 17.3. The van der Waals surface area contributed by atoms with Crippen LogP contribution in [0.2, 0.25) is 5.02 Å². The highest BCUT2D eigenvalue weighted by Gasteiger charge is 2.14. The highest BCUT2D eigenvalue weighted by molar-refractivity contribution is 6.30. The molecule has 0 atom stereocenters. The molecule has 0 aliphatic rings. The van der Waals surface area contributed by atoms with Crippen molar-refractivity contribution in [3.05, 3.63) is 71.3 Å². The SMILES string of the molecule is CCn1c(Cn2ccnc2-c2cccc(Cl)c2)nc2cc(C(N)=O)ccc21. The number of aromatic nitrogens is 4. The number of nitrogens with two attached hydrogens (primary N) is 1. The minimum atomic E-state index is -0.456. The van der Waals surface area contributed by atoms with Crippen molar-refractivity contribution in [2.24, 2.45) is 5.73 Å². The molecule has 0 unspecified atom stereocenters. The Labute approximate surface area is 161 Å². The van der Waals surface area contributed by atoms with Gasteiger partial charge in [0, 0.05) is 35.1 Å². The van der Waals surface area contributed by atoms with E-state index in [-0.39, 0.29) is 0 Å². The van der Waals surface area contributed by atoms with Crippen molar-refractivity contribution in [2.75, 3.05) is 0 Å². The molecule has 0 radical (unpaired) electrons. The molecule has 0 aliphatic heterocycles. The van der Waals surface area contributed by atoms with Gasteiger partial charge in [0.05, 0.1) is 17.6 Å². The maximum atomic E-state index is 11.5. The van der Waals surface area contributed by atoms with Gasteiger partial charge in [-0.25, -0.2) is 9.97 Å². The first-order valence-corrected chi connectivity index (χ1v) is 9.00. The van der Waals surface area contributed by atoms with E-state index < -0.39 is 5.91 Å². The van der Waals surface area contributed by atoms with Crippen LogP contribution in [0, 0.1) is 0 Å². The summed E-state index contributed by atoms with van der Waals surface area (Å²) >= 11 is 6.12. The highest BCUT2D eigenvalue weighted by atomic mass is 35.5.